The minimum Gasteiger partial charge on any atom is -0.480 e. The molecular formula is C34H33NO4. The molecule has 1 atom stereocenters. The molecule has 4 aromatic carbocycles. The standard InChI is InChI=1S/C34H33NO4/c36-33(37)32(18-6-1-3-11-24-19-21-26(22-20-24)25-12-4-2-5-13-25)35-34(38)39-23-31-29-16-9-7-14-27(29)28-15-8-10-17-30(28)31/h2,4-5,7-10,12-17,19-22,31-32H,1,3,6,11,18,23H2,(H,35,38)(H,36,37). The zero-order valence-corrected chi connectivity index (χ0v) is 21.9. The Morgan fingerprint density at radius 3 is 1.95 bits per heavy atom. The van der Waals surface area contributed by atoms with E-state index in [1.807, 2.05) is 42.5 Å². The van der Waals surface area contributed by atoms with Gasteiger partial charge in [0.25, 0.3) is 0 Å². The molecule has 0 saturated carbocycles. The van der Waals surface area contributed by atoms with Gasteiger partial charge in [-0.25, -0.2) is 9.59 Å². The van der Waals surface area contributed by atoms with Crippen LogP contribution in [0.25, 0.3) is 22.3 Å². The van der Waals surface area contributed by atoms with Crippen molar-refractivity contribution in [3.8, 4) is 22.3 Å². The van der Waals surface area contributed by atoms with E-state index in [-0.39, 0.29) is 12.5 Å². The summed E-state index contributed by atoms with van der Waals surface area (Å²) in [7, 11) is 0. The molecule has 1 amide bonds. The molecule has 2 N–H and O–H groups in total. The Morgan fingerprint density at radius 2 is 1.31 bits per heavy atom. The van der Waals surface area contributed by atoms with Gasteiger partial charge in [-0.3, -0.25) is 0 Å². The number of ether oxygens (including phenoxy) is 1. The SMILES string of the molecule is O=C(NC(CCCCCc1ccc(-c2ccccc2)cc1)C(=O)O)OCC1c2ccccc2-c2ccccc21. The molecule has 0 aromatic heterocycles. The van der Waals surface area contributed by atoms with Crippen LogP contribution < -0.4 is 5.32 Å². The number of fused-ring (bicyclic) bond motifs is 3. The van der Waals surface area contributed by atoms with Gasteiger partial charge >= 0.3 is 12.1 Å². The van der Waals surface area contributed by atoms with E-state index in [2.05, 4.69) is 66.0 Å². The Hall–Kier alpha value is -4.38. The minimum atomic E-state index is -1.04. The van der Waals surface area contributed by atoms with Crippen molar-refractivity contribution in [3.63, 3.8) is 0 Å². The molecule has 5 heteroatoms. The normalized spacial score (nSPS) is 12.8. The third-order valence-electron chi connectivity index (χ3n) is 7.45. The third-order valence-corrected chi connectivity index (χ3v) is 7.45. The van der Waals surface area contributed by atoms with Crippen molar-refractivity contribution in [3.05, 3.63) is 120 Å². The summed E-state index contributed by atoms with van der Waals surface area (Å²) >= 11 is 0. The zero-order chi connectivity index (χ0) is 27.0. The van der Waals surface area contributed by atoms with E-state index >= 15 is 0 Å². The summed E-state index contributed by atoms with van der Waals surface area (Å²) in [5.74, 6) is -1.10. The average molecular weight is 520 g/mol. The van der Waals surface area contributed by atoms with Gasteiger partial charge in [-0.2, -0.15) is 0 Å². The zero-order valence-electron chi connectivity index (χ0n) is 21.9. The molecule has 0 heterocycles. The summed E-state index contributed by atoms with van der Waals surface area (Å²) in [5.41, 5.74) is 8.21. The van der Waals surface area contributed by atoms with Crippen LogP contribution in [0.4, 0.5) is 4.79 Å². The summed E-state index contributed by atoms with van der Waals surface area (Å²) in [6, 6.07) is 34.2. The first-order valence-corrected chi connectivity index (χ1v) is 13.6. The van der Waals surface area contributed by atoms with Crippen molar-refractivity contribution in [2.75, 3.05) is 6.61 Å². The molecule has 39 heavy (non-hydrogen) atoms. The summed E-state index contributed by atoms with van der Waals surface area (Å²) in [5, 5.41) is 12.2. The van der Waals surface area contributed by atoms with E-state index in [4.69, 9.17) is 4.74 Å². The highest BCUT2D eigenvalue weighted by molar-refractivity contribution is 5.81. The molecule has 1 unspecified atom stereocenters. The fraction of sp³-hybridized carbons (Fsp3) is 0.235. The number of unbranched alkanes of at least 4 members (excludes halogenated alkanes) is 2. The summed E-state index contributed by atoms with van der Waals surface area (Å²) in [4.78, 5) is 24.3. The predicted octanol–water partition coefficient (Wildman–Crippen LogP) is 7.45. The van der Waals surface area contributed by atoms with Gasteiger partial charge in [-0.1, -0.05) is 116 Å². The first kappa shape index (κ1) is 26.2. The number of carbonyl (C=O) groups is 2. The Morgan fingerprint density at radius 1 is 0.718 bits per heavy atom. The van der Waals surface area contributed by atoms with Crippen molar-refractivity contribution >= 4 is 12.1 Å². The molecule has 1 aliphatic carbocycles. The van der Waals surface area contributed by atoms with Crippen molar-refractivity contribution in [2.24, 2.45) is 0 Å². The first-order chi connectivity index (χ1) is 19.1. The van der Waals surface area contributed by atoms with Crippen LogP contribution in [0, 0.1) is 0 Å². The number of carbonyl (C=O) groups excluding carboxylic acids is 1. The topological polar surface area (TPSA) is 75.6 Å². The van der Waals surface area contributed by atoms with Crippen LogP contribution >= 0.6 is 0 Å². The number of alkyl carbamates (subject to hydrolysis) is 1. The fourth-order valence-electron chi connectivity index (χ4n) is 5.39. The van der Waals surface area contributed by atoms with Crippen LogP contribution in [0.1, 0.15) is 48.3 Å². The maximum absolute atomic E-state index is 12.5. The molecular weight excluding hydrogens is 486 g/mol. The number of aliphatic carboxylic acids is 1. The van der Waals surface area contributed by atoms with Crippen LogP contribution in [0.3, 0.4) is 0 Å². The van der Waals surface area contributed by atoms with Gasteiger partial charge in [0.05, 0.1) is 0 Å². The lowest BCUT2D eigenvalue weighted by atomic mass is 9.98. The van der Waals surface area contributed by atoms with Gasteiger partial charge in [-0.05, 0) is 58.2 Å². The van der Waals surface area contributed by atoms with Crippen LogP contribution in [-0.4, -0.2) is 29.8 Å². The Kier molecular flexibility index (Phi) is 8.37. The lowest BCUT2D eigenvalue weighted by Crippen LogP contribution is -2.41. The summed E-state index contributed by atoms with van der Waals surface area (Å²) < 4.78 is 5.53. The monoisotopic (exact) mass is 519 g/mol. The molecule has 0 saturated heterocycles. The van der Waals surface area contributed by atoms with E-state index in [1.165, 1.54) is 16.7 Å². The molecule has 1 aliphatic rings. The second-order valence-electron chi connectivity index (χ2n) is 10.0. The van der Waals surface area contributed by atoms with Gasteiger partial charge in [0.2, 0.25) is 0 Å². The quantitative estimate of drug-likeness (QED) is 0.202. The Bertz CT molecular complexity index is 1370. The Labute approximate surface area is 229 Å². The second-order valence-corrected chi connectivity index (χ2v) is 10.0. The number of hydrogen-bond donors (Lipinski definition) is 2. The molecule has 5 rings (SSSR count). The first-order valence-electron chi connectivity index (χ1n) is 13.6. The molecule has 0 fully saturated rings. The van der Waals surface area contributed by atoms with Crippen molar-refractivity contribution in [2.45, 2.75) is 44.1 Å². The fourth-order valence-corrected chi connectivity index (χ4v) is 5.39. The molecule has 5 nitrogen and oxygen atoms in total. The second kappa shape index (κ2) is 12.4. The van der Waals surface area contributed by atoms with Gasteiger partial charge < -0.3 is 15.2 Å². The molecule has 198 valence electrons. The number of amides is 1. The van der Waals surface area contributed by atoms with Crippen molar-refractivity contribution < 1.29 is 19.4 Å². The van der Waals surface area contributed by atoms with E-state index in [1.54, 1.807) is 0 Å². The van der Waals surface area contributed by atoms with E-state index < -0.39 is 18.1 Å². The van der Waals surface area contributed by atoms with Gasteiger partial charge in [0.15, 0.2) is 0 Å². The van der Waals surface area contributed by atoms with Crippen LogP contribution in [-0.2, 0) is 16.0 Å². The maximum atomic E-state index is 12.5. The van der Waals surface area contributed by atoms with E-state index in [9.17, 15) is 14.7 Å². The molecule has 4 aromatic rings. The average Bonchev–Trinajstić information content (AvgIpc) is 3.29. The van der Waals surface area contributed by atoms with Crippen LogP contribution in [0.5, 0.6) is 0 Å². The van der Waals surface area contributed by atoms with Crippen molar-refractivity contribution in [1.82, 2.24) is 5.32 Å². The van der Waals surface area contributed by atoms with Crippen molar-refractivity contribution in [1.29, 1.82) is 0 Å². The third kappa shape index (κ3) is 6.37. The largest absolute Gasteiger partial charge is 0.480 e. The van der Waals surface area contributed by atoms with Gasteiger partial charge in [-0.15, -0.1) is 0 Å². The highest BCUT2D eigenvalue weighted by atomic mass is 16.5. The summed E-state index contributed by atoms with van der Waals surface area (Å²) in [6.45, 7) is 0.162. The molecule has 0 spiro atoms. The highest BCUT2D eigenvalue weighted by Crippen LogP contribution is 2.44. The van der Waals surface area contributed by atoms with Crippen LogP contribution in [0.2, 0.25) is 0 Å². The lowest BCUT2D eigenvalue weighted by Gasteiger charge is -2.17. The number of nitrogens with one attached hydrogen (secondary N) is 1. The van der Waals surface area contributed by atoms with E-state index in [0.717, 1.165) is 41.5 Å². The smallest absolute Gasteiger partial charge is 0.407 e. The van der Waals surface area contributed by atoms with Gasteiger partial charge in [0, 0.05) is 5.92 Å². The lowest BCUT2D eigenvalue weighted by molar-refractivity contribution is -0.139. The number of hydrogen-bond acceptors (Lipinski definition) is 3. The van der Waals surface area contributed by atoms with Crippen LogP contribution in [0.15, 0.2) is 103 Å². The number of aryl methyl sites for hydroxylation is 1. The number of carboxylic acids is 1. The molecule has 0 radical (unpaired) electrons. The molecule has 0 aliphatic heterocycles. The number of benzene rings is 4. The summed E-state index contributed by atoms with van der Waals surface area (Å²) in [6.07, 6.45) is 3.17. The van der Waals surface area contributed by atoms with E-state index in [0.29, 0.717) is 12.8 Å². The number of rotatable bonds is 11. The maximum Gasteiger partial charge on any atom is 0.407 e. The predicted molar refractivity (Wildman–Crippen MR) is 154 cm³/mol. The highest BCUT2D eigenvalue weighted by Gasteiger charge is 2.29. The number of carboxylic acid groups (broad SMARTS) is 1. The van der Waals surface area contributed by atoms with Gasteiger partial charge in [0.1, 0.15) is 12.6 Å². The molecule has 0 bridgehead atoms. The minimum absolute atomic E-state index is 0.0619. The Balaban J connectivity index is 1.06.